The quantitative estimate of drug-likeness (QED) is 0.917. The van der Waals surface area contributed by atoms with Crippen molar-refractivity contribution in [3.63, 3.8) is 0 Å². The molecule has 0 amide bonds. The zero-order valence-electron chi connectivity index (χ0n) is 15.2. The monoisotopic (exact) mass is 339 g/mol. The number of methoxy groups -OCH3 is 2. The molecule has 0 saturated carbocycles. The highest BCUT2D eigenvalue weighted by atomic mass is 16.5. The van der Waals surface area contributed by atoms with E-state index in [1.807, 2.05) is 62.4 Å². The summed E-state index contributed by atoms with van der Waals surface area (Å²) < 4.78 is 10.5. The molecule has 0 bridgehead atoms. The summed E-state index contributed by atoms with van der Waals surface area (Å²) in [6.45, 7) is 4.01. The number of hydrogen-bond donors (Lipinski definition) is 1. The largest absolute Gasteiger partial charge is 0.497 e. The highest BCUT2D eigenvalue weighted by Crippen LogP contribution is 2.38. The molecule has 1 N–H and O–H groups in total. The van der Waals surface area contributed by atoms with Crippen LogP contribution < -0.4 is 14.8 Å². The molecular formula is C21H25NO3. The van der Waals surface area contributed by atoms with Crippen LogP contribution in [0.5, 0.6) is 11.5 Å². The molecule has 1 aliphatic heterocycles. The molecule has 0 unspecified atom stereocenters. The van der Waals surface area contributed by atoms with E-state index in [2.05, 4.69) is 5.32 Å². The molecule has 25 heavy (non-hydrogen) atoms. The molecular weight excluding hydrogens is 314 g/mol. The van der Waals surface area contributed by atoms with Gasteiger partial charge in [-0.15, -0.1) is 0 Å². The number of ether oxygens (including phenoxy) is 2. The molecule has 0 aromatic heterocycles. The van der Waals surface area contributed by atoms with Gasteiger partial charge in [0.1, 0.15) is 17.3 Å². The van der Waals surface area contributed by atoms with Gasteiger partial charge >= 0.3 is 0 Å². The number of hydrogen-bond acceptors (Lipinski definition) is 4. The molecule has 4 heteroatoms. The van der Waals surface area contributed by atoms with Crippen LogP contribution >= 0.6 is 0 Å². The van der Waals surface area contributed by atoms with Gasteiger partial charge in [0.15, 0.2) is 0 Å². The summed E-state index contributed by atoms with van der Waals surface area (Å²) >= 11 is 0. The number of carbonyl (C=O) groups is 1. The van der Waals surface area contributed by atoms with Crippen LogP contribution in [-0.4, -0.2) is 20.0 Å². The molecule has 1 saturated heterocycles. The standard InChI is InChI=1S/C21H25NO3/c1-13-19(15-5-9-17(24-3)10-6-15)22-20(14(2)21(13)23)16-7-11-18(25-4)12-8-16/h5-14,19-20,22H,1-4H3/t13-,14-,19-,20+/m1/s1. The molecule has 1 aliphatic rings. The maximum atomic E-state index is 12.8. The average molecular weight is 339 g/mol. The van der Waals surface area contributed by atoms with E-state index in [4.69, 9.17) is 9.47 Å². The number of piperidine rings is 1. The zero-order valence-corrected chi connectivity index (χ0v) is 15.2. The normalized spacial score (nSPS) is 26.3. The molecule has 2 aromatic carbocycles. The lowest BCUT2D eigenvalue weighted by molar-refractivity contribution is -0.130. The lowest BCUT2D eigenvalue weighted by Crippen LogP contribution is -2.46. The molecule has 4 nitrogen and oxygen atoms in total. The van der Waals surface area contributed by atoms with Gasteiger partial charge in [-0.05, 0) is 35.4 Å². The number of carbonyl (C=O) groups excluding carboxylic acids is 1. The van der Waals surface area contributed by atoms with Crippen LogP contribution in [0, 0.1) is 11.8 Å². The molecule has 0 aliphatic carbocycles. The number of rotatable bonds is 4. The van der Waals surface area contributed by atoms with Crippen molar-refractivity contribution in [3.8, 4) is 11.5 Å². The molecule has 2 aromatic rings. The van der Waals surface area contributed by atoms with Crippen molar-refractivity contribution in [1.82, 2.24) is 5.32 Å². The van der Waals surface area contributed by atoms with Crippen molar-refractivity contribution < 1.29 is 14.3 Å². The third-order valence-electron chi connectivity index (χ3n) is 5.21. The lowest BCUT2D eigenvalue weighted by atomic mass is 9.76. The summed E-state index contributed by atoms with van der Waals surface area (Å²) in [7, 11) is 3.31. The van der Waals surface area contributed by atoms with Crippen LogP contribution in [-0.2, 0) is 4.79 Å². The second-order valence-electron chi connectivity index (χ2n) is 6.65. The van der Waals surface area contributed by atoms with Crippen LogP contribution in [0.4, 0.5) is 0 Å². The highest BCUT2D eigenvalue weighted by Gasteiger charge is 2.40. The van der Waals surface area contributed by atoms with Crippen molar-refractivity contribution in [2.45, 2.75) is 25.9 Å². The first-order valence-electron chi connectivity index (χ1n) is 8.63. The smallest absolute Gasteiger partial charge is 0.142 e. The summed E-state index contributed by atoms with van der Waals surface area (Å²) in [5.74, 6) is 1.79. The number of ketones is 1. The van der Waals surface area contributed by atoms with Crippen molar-refractivity contribution in [1.29, 1.82) is 0 Å². The second kappa shape index (κ2) is 7.28. The van der Waals surface area contributed by atoms with Gasteiger partial charge in [0, 0.05) is 23.9 Å². The molecule has 0 radical (unpaired) electrons. The van der Waals surface area contributed by atoms with Gasteiger partial charge in [-0.3, -0.25) is 4.79 Å². The first-order chi connectivity index (χ1) is 12.0. The Kier molecular flexibility index (Phi) is 5.09. The van der Waals surface area contributed by atoms with E-state index in [1.54, 1.807) is 14.2 Å². The minimum atomic E-state index is -0.0714. The van der Waals surface area contributed by atoms with Crippen LogP contribution in [0.1, 0.15) is 37.1 Å². The van der Waals surface area contributed by atoms with Crippen molar-refractivity contribution in [2.75, 3.05) is 14.2 Å². The molecule has 4 atom stereocenters. The van der Waals surface area contributed by atoms with Gasteiger partial charge in [-0.25, -0.2) is 0 Å². The van der Waals surface area contributed by atoms with Crippen molar-refractivity contribution >= 4 is 5.78 Å². The van der Waals surface area contributed by atoms with Gasteiger partial charge in [-0.1, -0.05) is 38.1 Å². The predicted molar refractivity (Wildman–Crippen MR) is 97.9 cm³/mol. The maximum Gasteiger partial charge on any atom is 0.142 e. The number of Topliss-reactive ketones (excluding diaryl/α,β-unsaturated/α-hetero) is 1. The Bertz CT molecular complexity index is 662. The predicted octanol–water partition coefficient (Wildman–Crippen LogP) is 3.93. The molecule has 3 rings (SSSR count). The van der Waals surface area contributed by atoms with E-state index in [0.717, 1.165) is 22.6 Å². The van der Waals surface area contributed by atoms with E-state index >= 15 is 0 Å². The maximum absolute atomic E-state index is 12.8. The van der Waals surface area contributed by atoms with Gasteiger partial charge < -0.3 is 14.8 Å². The average Bonchev–Trinajstić information content (AvgIpc) is 2.67. The number of benzene rings is 2. The van der Waals surface area contributed by atoms with Crippen molar-refractivity contribution in [2.24, 2.45) is 11.8 Å². The second-order valence-corrected chi connectivity index (χ2v) is 6.65. The van der Waals surface area contributed by atoms with E-state index < -0.39 is 0 Å². The first kappa shape index (κ1) is 17.5. The van der Waals surface area contributed by atoms with Gasteiger partial charge in [0.05, 0.1) is 14.2 Å². The third kappa shape index (κ3) is 3.40. The first-order valence-corrected chi connectivity index (χ1v) is 8.63. The highest BCUT2D eigenvalue weighted by molar-refractivity contribution is 5.85. The van der Waals surface area contributed by atoms with Crippen LogP contribution in [0.15, 0.2) is 48.5 Å². The SMILES string of the molecule is COc1ccc([C@H]2N[C@@H](c3ccc(OC)cc3)[C@@H](C)C(=O)[C@@H]2C)cc1. The summed E-state index contributed by atoms with van der Waals surface area (Å²) in [5, 5.41) is 3.69. The fourth-order valence-electron chi connectivity index (χ4n) is 3.62. The Hall–Kier alpha value is -2.33. The summed E-state index contributed by atoms with van der Waals surface area (Å²) in [5.41, 5.74) is 2.21. The molecule has 1 fully saturated rings. The molecule has 1 heterocycles. The zero-order chi connectivity index (χ0) is 18.0. The summed E-state index contributed by atoms with van der Waals surface area (Å²) in [6, 6.07) is 15.8. The van der Waals surface area contributed by atoms with E-state index in [9.17, 15) is 4.79 Å². The Balaban J connectivity index is 1.89. The topological polar surface area (TPSA) is 47.6 Å². The van der Waals surface area contributed by atoms with Gasteiger partial charge in [0.2, 0.25) is 0 Å². The molecule has 132 valence electrons. The van der Waals surface area contributed by atoms with Crippen LogP contribution in [0.2, 0.25) is 0 Å². The van der Waals surface area contributed by atoms with Crippen molar-refractivity contribution in [3.05, 3.63) is 59.7 Å². The number of nitrogens with one attached hydrogen (secondary N) is 1. The van der Waals surface area contributed by atoms with E-state index in [-0.39, 0.29) is 23.9 Å². The third-order valence-corrected chi connectivity index (χ3v) is 5.21. The lowest BCUT2D eigenvalue weighted by Gasteiger charge is -2.39. The Morgan fingerprint density at radius 1 is 0.720 bits per heavy atom. The molecule has 0 spiro atoms. The Labute approximate surface area is 149 Å². The van der Waals surface area contributed by atoms with E-state index in [0.29, 0.717) is 5.78 Å². The fraction of sp³-hybridized carbons (Fsp3) is 0.381. The van der Waals surface area contributed by atoms with E-state index in [1.165, 1.54) is 0 Å². The van der Waals surface area contributed by atoms with Gasteiger partial charge in [0.25, 0.3) is 0 Å². The minimum Gasteiger partial charge on any atom is -0.497 e. The van der Waals surface area contributed by atoms with Gasteiger partial charge in [-0.2, -0.15) is 0 Å². The summed E-state index contributed by atoms with van der Waals surface area (Å²) in [6.07, 6.45) is 0. The Morgan fingerprint density at radius 2 is 1.08 bits per heavy atom. The Morgan fingerprint density at radius 3 is 1.40 bits per heavy atom. The minimum absolute atomic E-state index is 0.0123. The van der Waals surface area contributed by atoms with Crippen LogP contribution in [0.3, 0.4) is 0 Å². The fourth-order valence-corrected chi connectivity index (χ4v) is 3.62. The summed E-state index contributed by atoms with van der Waals surface area (Å²) in [4.78, 5) is 12.8. The van der Waals surface area contributed by atoms with Crippen LogP contribution in [0.25, 0.3) is 0 Å².